The van der Waals surface area contributed by atoms with Crippen LogP contribution in [0.25, 0.3) is 0 Å². The van der Waals surface area contributed by atoms with Crippen LogP contribution in [0.5, 0.6) is 0 Å². The Kier molecular flexibility index (Phi) is 2.68. The van der Waals surface area contributed by atoms with Crippen LogP contribution in [0.3, 0.4) is 0 Å². The molecule has 7 heteroatoms. The van der Waals surface area contributed by atoms with Crippen molar-refractivity contribution in [1.29, 1.82) is 0 Å². The van der Waals surface area contributed by atoms with Crippen LogP contribution in [0.15, 0.2) is 0 Å². The molecule has 78 valence electrons. The highest BCUT2D eigenvalue weighted by Gasteiger charge is 2.17. The summed E-state index contributed by atoms with van der Waals surface area (Å²) in [5.74, 6) is -0.386. The van der Waals surface area contributed by atoms with Crippen LogP contribution in [-0.2, 0) is 16.1 Å². The highest BCUT2D eigenvalue weighted by atomic mass is 16.6. The zero-order valence-corrected chi connectivity index (χ0v) is 8.39. The molecule has 0 aliphatic carbocycles. The van der Waals surface area contributed by atoms with E-state index in [2.05, 4.69) is 15.4 Å². The number of tetrazole rings is 1. The summed E-state index contributed by atoms with van der Waals surface area (Å²) in [7, 11) is 0. The first-order chi connectivity index (χ1) is 6.37. The molecule has 0 saturated heterocycles. The van der Waals surface area contributed by atoms with E-state index in [4.69, 9.17) is 10.5 Å². The Morgan fingerprint density at radius 2 is 2.21 bits per heavy atom. The first kappa shape index (κ1) is 10.4. The molecule has 14 heavy (non-hydrogen) atoms. The molecular formula is C7H13N5O2. The van der Waals surface area contributed by atoms with Crippen molar-refractivity contribution in [3.63, 3.8) is 0 Å². The van der Waals surface area contributed by atoms with Gasteiger partial charge in [0.05, 0.1) is 0 Å². The van der Waals surface area contributed by atoms with E-state index in [1.165, 1.54) is 0 Å². The monoisotopic (exact) mass is 199 g/mol. The topological polar surface area (TPSA) is 95.9 Å². The van der Waals surface area contributed by atoms with Crippen LogP contribution in [0.4, 0.5) is 5.95 Å². The first-order valence-corrected chi connectivity index (χ1v) is 4.12. The molecule has 0 aliphatic rings. The van der Waals surface area contributed by atoms with E-state index in [-0.39, 0.29) is 12.5 Å². The molecule has 0 unspecified atom stereocenters. The highest BCUT2D eigenvalue weighted by Crippen LogP contribution is 2.07. The summed E-state index contributed by atoms with van der Waals surface area (Å²) in [6, 6.07) is 0. The lowest BCUT2D eigenvalue weighted by Crippen LogP contribution is -2.27. The second kappa shape index (κ2) is 3.60. The Bertz CT molecular complexity index is 327. The summed E-state index contributed by atoms with van der Waals surface area (Å²) in [5, 5.41) is 10.6. The number of carbonyl (C=O) groups excluding carboxylic acids is 1. The average molecular weight is 199 g/mol. The number of ether oxygens (including phenoxy) is 1. The van der Waals surface area contributed by atoms with Gasteiger partial charge in [-0.3, -0.25) is 0 Å². The van der Waals surface area contributed by atoms with Crippen LogP contribution >= 0.6 is 0 Å². The third-order valence-corrected chi connectivity index (χ3v) is 1.16. The number of nitrogens with zero attached hydrogens (tertiary/aromatic N) is 4. The van der Waals surface area contributed by atoms with E-state index in [1.807, 2.05) is 0 Å². The van der Waals surface area contributed by atoms with Crippen molar-refractivity contribution < 1.29 is 9.53 Å². The Balaban J connectivity index is 2.50. The van der Waals surface area contributed by atoms with Crippen molar-refractivity contribution in [3.8, 4) is 0 Å². The number of esters is 1. The van der Waals surface area contributed by atoms with Crippen molar-refractivity contribution in [2.75, 3.05) is 5.73 Å². The zero-order valence-electron chi connectivity index (χ0n) is 8.39. The van der Waals surface area contributed by atoms with Crippen LogP contribution in [0.1, 0.15) is 20.8 Å². The van der Waals surface area contributed by atoms with E-state index in [1.54, 1.807) is 20.8 Å². The van der Waals surface area contributed by atoms with Gasteiger partial charge in [0.25, 0.3) is 5.95 Å². The number of nitrogen functional groups attached to an aromatic ring is 1. The summed E-state index contributed by atoms with van der Waals surface area (Å²) < 4.78 is 5.04. The van der Waals surface area contributed by atoms with E-state index in [0.717, 1.165) is 4.80 Å². The summed E-state index contributed by atoms with van der Waals surface area (Å²) >= 11 is 0. The predicted molar refractivity (Wildman–Crippen MR) is 48.1 cm³/mol. The first-order valence-electron chi connectivity index (χ1n) is 4.12. The Labute approximate surface area is 81.2 Å². The Hall–Kier alpha value is -1.66. The highest BCUT2D eigenvalue weighted by molar-refractivity contribution is 5.69. The van der Waals surface area contributed by atoms with Gasteiger partial charge in [0.2, 0.25) is 0 Å². The molecule has 0 spiro atoms. The molecule has 0 radical (unpaired) electrons. The summed E-state index contributed by atoms with van der Waals surface area (Å²) in [6.07, 6.45) is 0. The molecule has 0 aliphatic heterocycles. The number of anilines is 1. The lowest BCUT2D eigenvalue weighted by molar-refractivity contribution is -0.156. The maximum absolute atomic E-state index is 11.2. The third-order valence-electron chi connectivity index (χ3n) is 1.16. The van der Waals surface area contributed by atoms with Crippen molar-refractivity contribution in [2.45, 2.75) is 32.9 Å². The summed E-state index contributed by atoms with van der Waals surface area (Å²) in [5.41, 5.74) is 4.71. The molecule has 0 fully saturated rings. The number of carbonyl (C=O) groups is 1. The fourth-order valence-corrected chi connectivity index (χ4v) is 0.812. The number of rotatable bonds is 2. The number of aromatic nitrogens is 4. The van der Waals surface area contributed by atoms with E-state index in [9.17, 15) is 4.79 Å². The van der Waals surface area contributed by atoms with Crippen LogP contribution in [-0.4, -0.2) is 31.8 Å². The molecule has 0 amide bonds. The van der Waals surface area contributed by atoms with Crippen molar-refractivity contribution in [2.24, 2.45) is 0 Å². The van der Waals surface area contributed by atoms with Gasteiger partial charge in [-0.05, 0) is 26.0 Å². The summed E-state index contributed by atoms with van der Waals surface area (Å²) in [6.45, 7) is 5.28. The fourth-order valence-electron chi connectivity index (χ4n) is 0.812. The van der Waals surface area contributed by atoms with Crippen molar-refractivity contribution in [1.82, 2.24) is 20.2 Å². The van der Waals surface area contributed by atoms with E-state index >= 15 is 0 Å². The predicted octanol–water partition coefficient (Wildman–Crippen LogP) is -0.403. The minimum absolute atomic E-state index is 0.0357. The molecule has 1 aromatic rings. The second-order valence-corrected chi connectivity index (χ2v) is 3.76. The second-order valence-electron chi connectivity index (χ2n) is 3.76. The van der Waals surface area contributed by atoms with Gasteiger partial charge in [0.15, 0.2) is 6.54 Å². The van der Waals surface area contributed by atoms with Crippen LogP contribution in [0, 0.1) is 0 Å². The van der Waals surface area contributed by atoms with Gasteiger partial charge >= 0.3 is 5.97 Å². The molecule has 1 heterocycles. The molecule has 0 saturated carbocycles. The molecular weight excluding hydrogens is 186 g/mol. The zero-order chi connectivity index (χ0) is 10.8. The molecule has 0 aromatic carbocycles. The van der Waals surface area contributed by atoms with Crippen molar-refractivity contribution >= 4 is 11.9 Å². The maximum atomic E-state index is 11.2. The smallest absolute Gasteiger partial charge is 0.330 e. The fraction of sp³-hybridized carbons (Fsp3) is 0.714. The third kappa shape index (κ3) is 3.38. The minimum atomic E-state index is -0.511. The number of hydrogen-bond donors (Lipinski definition) is 1. The van der Waals surface area contributed by atoms with Gasteiger partial charge in [-0.1, -0.05) is 5.10 Å². The van der Waals surface area contributed by atoms with Crippen LogP contribution < -0.4 is 5.73 Å². The number of hydrogen-bond acceptors (Lipinski definition) is 6. The quantitative estimate of drug-likeness (QED) is 0.651. The molecule has 7 nitrogen and oxygen atoms in total. The van der Waals surface area contributed by atoms with E-state index in [0.29, 0.717) is 0 Å². The Morgan fingerprint density at radius 1 is 1.57 bits per heavy atom. The maximum Gasteiger partial charge on any atom is 0.330 e. The minimum Gasteiger partial charge on any atom is -0.459 e. The van der Waals surface area contributed by atoms with Crippen LogP contribution in [0.2, 0.25) is 0 Å². The largest absolute Gasteiger partial charge is 0.459 e. The van der Waals surface area contributed by atoms with Gasteiger partial charge in [0, 0.05) is 0 Å². The van der Waals surface area contributed by atoms with Gasteiger partial charge < -0.3 is 10.5 Å². The Morgan fingerprint density at radius 3 is 2.64 bits per heavy atom. The standard InChI is InChI=1S/C7H13N5O2/c1-7(2,3)14-5(13)4-12-10-6(8)9-11-12/h4H2,1-3H3,(H2,8,10). The van der Waals surface area contributed by atoms with Gasteiger partial charge in [-0.15, -0.1) is 5.10 Å². The van der Waals surface area contributed by atoms with Gasteiger partial charge in [0.1, 0.15) is 5.60 Å². The molecule has 2 N–H and O–H groups in total. The SMILES string of the molecule is CC(C)(C)OC(=O)Cn1nnc(N)n1. The lowest BCUT2D eigenvalue weighted by Gasteiger charge is -2.18. The molecule has 0 bridgehead atoms. The normalized spacial score (nSPS) is 11.4. The summed E-state index contributed by atoms with van der Waals surface area (Å²) in [4.78, 5) is 12.3. The van der Waals surface area contributed by atoms with Gasteiger partial charge in [-0.2, -0.15) is 4.80 Å². The molecule has 1 aromatic heterocycles. The van der Waals surface area contributed by atoms with Crippen molar-refractivity contribution in [3.05, 3.63) is 0 Å². The molecule has 0 atom stereocenters. The van der Waals surface area contributed by atoms with Gasteiger partial charge in [-0.25, -0.2) is 4.79 Å². The number of nitrogens with two attached hydrogens (primary N) is 1. The lowest BCUT2D eigenvalue weighted by atomic mass is 10.2. The van der Waals surface area contributed by atoms with E-state index < -0.39 is 11.6 Å². The average Bonchev–Trinajstić information content (AvgIpc) is 2.30. The molecule has 1 rings (SSSR count).